The molecular formula is C24H33N3O4S. The van der Waals surface area contributed by atoms with Gasteiger partial charge in [-0.15, -0.1) is 0 Å². The number of hydrogen-bond acceptors (Lipinski definition) is 5. The molecule has 0 saturated carbocycles. The molecule has 1 aliphatic carbocycles. The van der Waals surface area contributed by atoms with Gasteiger partial charge in [0, 0.05) is 56.0 Å². The van der Waals surface area contributed by atoms with Crippen LogP contribution in [0.25, 0.3) is 0 Å². The molecule has 0 radical (unpaired) electrons. The van der Waals surface area contributed by atoms with E-state index < -0.39 is 10.2 Å². The number of benzene rings is 1. The maximum absolute atomic E-state index is 13.4. The molecule has 2 N–H and O–H groups in total. The summed E-state index contributed by atoms with van der Waals surface area (Å²) in [4.78, 5) is 25.0. The number of Topliss-reactive ketones (excluding diaryl/α,β-unsaturated/α-hetero) is 2. The van der Waals surface area contributed by atoms with Crippen molar-refractivity contribution in [1.29, 1.82) is 0 Å². The fourth-order valence-electron chi connectivity index (χ4n) is 6.33. The van der Waals surface area contributed by atoms with Crippen molar-refractivity contribution in [2.45, 2.75) is 82.8 Å². The number of nitrogens with two attached hydrogens (primary N) is 1. The van der Waals surface area contributed by atoms with Gasteiger partial charge in [0.15, 0.2) is 5.78 Å². The largest absolute Gasteiger partial charge is 0.328 e. The third kappa shape index (κ3) is 3.95. The molecule has 7 nitrogen and oxygen atoms in total. The van der Waals surface area contributed by atoms with Crippen molar-refractivity contribution in [3.63, 3.8) is 0 Å². The zero-order valence-corrected chi connectivity index (χ0v) is 19.6. The average molecular weight is 460 g/mol. The van der Waals surface area contributed by atoms with Crippen molar-refractivity contribution in [1.82, 2.24) is 8.61 Å². The van der Waals surface area contributed by atoms with E-state index >= 15 is 0 Å². The molecule has 32 heavy (non-hydrogen) atoms. The highest BCUT2D eigenvalue weighted by Crippen LogP contribution is 2.43. The van der Waals surface area contributed by atoms with Crippen LogP contribution < -0.4 is 5.73 Å². The number of fused-ring (bicyclic) bond motifs is 3. The van der Waals surface area contributed by atoms with Gasteiger partial charge in [0.05, 0.1) is 0 Å². The van der Waals surface area contributed by atoms with E-state index in [1.54, 1.807) is 8.61 Å². The highest BCUT2D eigenvalue weighted by molar-refractivity contribution is 7.86. The van der Waals surface area contributed by atoms with E-state index in [4.69, 9.17) is 5.73 Å². The molecule has 1 unspecified atom stereocenters. The molecule has 174 valence electrons. The van der Waals surface area contributed by atoms with Crippen LogP contribution in [0.2, 0.25) is 0 Å². The van der Waals surface area contributed by atoms with E-state index in [2.05, 4.69) is 0 Å². The molecule has 3 aliphatic heterocycles. The summed E-state index contributed by atoms with van der Waals surface area (Å²) in [7, 11) is -3.47. The topological polar surface area (TPSA) is 101 Å². The second-order valence-corrected chi connectivity index (χ2v) is 12.1. The van der Waals surface area contributed by atoms with Crippen molar-refractivity contribution < 1.29 is 18.0 Å². The summed E-state index contributed by atoms with van der Waals surface area (Å²) in [5, 5.41) is 0. The van der Waals surface area contributed by atoms with Crippen molar-refractivity contribution in [3.8, 4) is 0 Å². The van der Waals surface area contributed by atoms with Crippen LogP contribution in [-0.2, 0) is 27.8 Å². The van der Waals surface area contributed by atoms with Gasteiger partial charge in [0.25, 0.3) is 10.2 Å². The zero-order valence-electron chi connectivity index (χ0n) is 18.8. The monoisotopic (exact) mass is 459 g/mol. The van der Waals surface area contributed by atoms with Crippen molar-refractivity contribution in [2.24, 2.45) is 11.7 Å². The lowest BCUT2D eigenvalue weighted by Gasteiger charge is -2.41. The molecule has 2 bridgehead atoms. The second-order valence-electron chi connectivity index (χ2n) is 10.3. The van der Waals surface area contributed by atoms with Crippen LogP contribution in [0.4, 0.5) is 0 Å². The van der Waals surface area contributed by atoms with Gasteiger partial charge in [0.2, 0.25) is 0 Å². The summed E-state index contributed by atoms with van der Waals surface area (Å²) >= 11 is 0. The van der Waals surface area contributed by atoms with Gasteiger partial charge >= 0.3 is 0 Å². The molecule has 1 aromatic carbocycles. The number of carbonyl (C=O) groups excluding carboxylic acids is 2. The van der Waals surface area contributed by atoms with Crippen LogP contribution in [0.5, 0.6) is 0 Å². The number of hydrogen-bond donors (Lipinski definition) is 1. The fourth-order valence-corrected chi connectivity index (χ4v) is 8.41. The van der Waals surface area contributed by atoms with Crippen LogP contribution in [0.15, 0.2) is 12.1 Å². The Morgan fingerprint density at radius 3 is 2.25 bits per heavy atom. The molecule has 3 heterocycles. The smallest absolute Gasteiger partial charge is 0.282 e. The van der Waals surface area contributed by atoms with Crippen molar-refractivity contribution >= 4 is 21.8 Å². The number of piperidine rings is 2. The molecule has 0 amide bonds. The Labute approximate surface area is 190 Å². The lowest BCUT2D eigenvalue weighted by Crippen LogP contribution is -2.55. The third-order valence-electron chi connectivity index (χ3n) is 7.95. The van der Waals surface area contributed by atoms with Crippen LogP contribution in [-0.4, -0.2) is 59.8 Å². The normalized spacial score (nSPS) is 29.4. The Morgan fingerprint density at radius 1 is 1.03 bits per heavy atom. The van der Waals surface area contributed by atoms with Crippen LogP contribution in [0, 0.1) is 12.8 Å². The minimum Gasteiger partial charge on any atom is -0.328 e. The molecule has 1 aromatic rings. The van der Waals surface area contributed by atoms with Crippen molar-refractivity contribution in [2.75, 3.05) is 13.1 Å². The first kappa shape index (κ1) is 22.2. The molecule has 0 spiro atoms. The first-order valence-electron chi connectivity index (χ1n) is 11.9. The SMILES string of the molecule is Cc1cc2c(cc1C(=O)CC1C[C@H]3CC[C@@H](C1)N3S(=O)(=O)N1CCC(N)CC1)CC(=O)C2. The Morgan fingerprint density at radius 2 is 1.62 bits per heavy atom. The lowest BCUT2D eigenvalue weighted by atomic mass is 9.85. The van der Waals surface area contributed by atoms with Gasteiger partial charge in [-0.1, -0.05) is 6.07 Å². The maximum atomic E-state index is 13.4. The summed E-state index contributed by atoms with van der Waals surface area (Å²) in [5.41, 5.74) is 9.68. The van der Waals surface area contributed by atoms with E-state index in [9.17, 15) is 18.0 Å². The first-order valence-corrected chi connectivity index (χ1v) is 13.3. The van der Waals surface area contributed by atoms with Crippen LogP contribution in [0.1, 0.15) is 72.0 Å². The van der Waals surface area contributed by atoms with E-state index in [-0.39, 0.29) is 35.6 Å². The zero-order chi connectivity index (χ0) is 22.6. The van der Waals surface area contributed by atoms with Gasteiger partial charge in [-0.3, -0.25) is 9.59 Å². The van der Waals surface area contributed by atoms with Gasteiger partial charge in [-0.2, -0.15) is 17.0 Å². The molecule has 8 heteroatoms. The second kappa shape index (κ2) is 8.31. The lowest BCUT2D eigenvalue weighted by molar-refractivity contribution is -0.117. The summed E-state index contributed by atoms with van der Waals surface area (Å²) in [5.74, 6) is 0.538. The van der Waals surface area contributed by atoms with E-state index in [1.807, 2.05) is 19.1 Å². The Kier molecular flexibility index (Phi) is 5.76. The van der Waals surface area contributed by atoms with E-state index in [0.29, 0.717) is 45.2 Å². The predicted octanol–water partition coefficient (Wildman–Crippen LogP) is 2.15. The quantitative estimate of drug-likeness (QED) is 0.680. The highest BCUT2D eigenvalue weighted by Gasteiger charge is 2.49. The third-order valence-corrected chi connectivity index (χ3v) is 10.1. The molecule has 5 rings (SSSR count). The van der Waals surface area contributed by atoms with Gasteiger partial charge in [-0.05, 0) is 74.1 Å². The van der Waals surface area contributed by atoms with Gasteiger partial charge < -0.3 is 5.73 Å². The maximum Gasteiger partial charge on any atom is 0.282 e. The Hall–Kier alpha value is -1.61. The first-order chi connectivity index (χ1) is 15.2. The Bertz CT molecular complexity index is 1030. The van der Waals surface area contributed by atoms with Crippen LogP contribution >= 0.6 is 0 Å². The number of nitrogens with zero attached hydrogens (tertiary/aromatic N) is 2. The summed E-state index contributed by atoms with van der Waals surface area (Å²) < 4.78 is 30.1. The number of rotatable bonds is 5. The van der Waals surface area contributed by atoms with Gasteiger partial charge in [-0.25, -0.2) is 0 Å². The minimum atomic E-state index is -3.47. The molecular weight excluding hydrogens is 426 g/mol. The standard InChI is InChI=1S/C24H33N3O4S/c1-15-8-17-12-22(28)13-18(17)14-23(15)24(29)11-16-9-20-2-3-21(10-16)27(20)32(30,31)26-6-4-19(25)5-7-26/h8,14,16,19-21H,2-7,9-13,25H2,1H3/t16?,20-,21+. The minimum absolute atomic E-state index is 0.00844. The van der Waals surface area contributed by atoms with Crippen molar-refractivity contribution in [3.05, 3.63) is 34.4 Å². The summed E-state index contributed by atoms with van der Waals surface area (Å²) in [6.45, 7) is 2.95. The van der Waals surface area contributed by atoms with E-state index in [0.717, 1.165) is 47.9 Å². The molecule has 3 saturated heterocycles. The average Bonchev–Trinajstić information content (AvgIpc) is 3.23. The summed E-state index contributed by atoms with van der Waals surface area (Å²) in [6, 6.07) is 4.00. The number of carbonyl (C=O) groups is 2. The molecule has 4 aliphatic rings. The molecule has 0 aromatic heterocycles. The molecule has 3 atom stereocenters. The van der Waals surface area contributed by atoms with Gasteiger partial charge in [0.1, 0.15) is 5.78 Å². The predicted molar refractivity (Wildman–Crippen MR) is 122 cm³/mol. The summed E-state index contributed by atoms with van der Waals surface area (Å²) in [6.07, 6.45) is 6.03. The number of ketones is 2. The molecule has 3 fully saturated rings. The Balaban J connectivity index is 1.27. The van der Waals surface area contributed by atoms with E-state index in [1.165, 1.54) is 0 Å². The fraction of sp³-hybridized carbons (Fsp3) is 0.667. The highest BCUT2D eigenvalue weighted by atomic mass is 32.2. The van der Waals surface area contributed by atoms with Crippen LogP contribution in [0.3, 0.4) is 0 Å². The number of aryl methyl sites for hydroxylation is 1.